The van der Waals surface area contributed by atoms with E-state index < -0.39 is 28.8 Å². The number of rotatable bonds is 3. The summed E-state index contributed by atoms with van der Waals surface area (Å²) in [5.41, 5.74) is 5.54. The minimum Gasteiger partial charge on any atom is -0.459 e. The summed E-state index contributed by atoms with van der Waals surface area (Å²) in [5, 5.41) is 2.73. The fourth-order valence-electron chi connectivity index (χ4n) is 2.07. The first-order valence-corrected chi connectivity index (χ1v) is 8.19. The van der Waals surface area contributed by atoms with Crippen LogP contribution in [0.25, 0.3) is 0 Å². The molecule has 0 bridgehead atoms. The van der Waals surface area contributed by atoms with Gasteiger partial charge in [-0.2, -0.15) is 0 Å². The molecule has 5 nitrogen and oxygen atoms in total. The zero-order valence-electron chi connectivity index (χ0n) is 14.5. The highest BCUT2D eigenvalue weighted by molar-refractivity contribution is 9.10. The van der Waals surface area contributed by atoms with Gasteiger partial charge in [0.25, 0.3) is 0 Å². The molecule has 0 heterocycles. The number of hydrogen-bond donors (Lipinski definition) is 2. The highest BCUT2D eigenvalue weighted by atomic mass is 79.9. The number of carbonyl (C=O) groups is 2. The van der Waals surface area contributed by atoms with E-state index in [2.05, 4.69) is 21.2 Å². The van der Waals surface area contributed by atoms with Gasteiger partial charge in [-0.25, -0.2) is 0 Å². The molecule has 0 aliphatic carbocycles. The van der Waals surface area contributed by atoms with Crippen LogP contribution in [0.3, 0.4) is 0 Å². The van der Waals surface area contributed by atoms with Gasteiger partial charge in [0.15, 0.2) is 0 Å². The zero-order valence-corrected chi connectivity index (χ0v) is 16.1. The van der Waals surface area contributed by atoms with Crippen LogP contribution in [0.1, 0.15) is 41.5 Å². The maximum Gasteiger partial charge on any atom is 0.319 e. The van der Waals surface area contributed by atoms with Crippen LogP contribution in [0.4, 0.5) is 11.4 Å². The first kappa shape index (κ1) is 19.5. The number of anilines is 2. The first-order valence-electron chi connectivity index (χ1n) is 7.40. The highest BCUT2D eigenvalue weighted by Crippen LogP contribution is 2.31. The molecule has 1 aromatic carbocycles. The van der Waals surface area contributed by atoms with Crippen LogP contribution < -0.4 is 11.1 Å². The molecule has 1 amide bonds. The summed E-state index contributed by atoms with van der Waals surface area (Å²) >= 11 is 3.31. The van der Waals surface area contributed by atoms with E-state index in [-0.39, 0.29) is 0 Å². The van der Waals surface area contributed by atoms with Gasteiger partial charge in [-0.05, 0) is 44.4 Å². The van der Waals surface area contributed by atoms with Crippen molar-refractivity contribution in [2.45, 2.75) is 47.1 Å². The van der Waals surface area contributed by atoms with E-state index in [4.69, 9.17) is 10.5 Å². The lowest BCUT2D eigenvalue weighted by atomic mass is 9.80. The predicted molar refractivity (Wildman–Crippen MR) is 96.0 cm³/mol. The van der Waals surface area contributed by atoms with Crippen molar-refractivity contribution in [3.05, 3.63) is 22.7 Å². The third kappa shape index (κ3) is 5.86. The van der Waals surface area contributed by atoms with Gasteiger partial charge in [0.2, 0.25) is 5.91 Å². The largest absolute Gasteiger partial charge is 0.459 e. The third-order valence-corrected chi connectivity index (χ3v) is 3.54. The third-order valence-electron chi connectivity index (χ3n) is 3.04. The van der Waals surface area contributed by atoms with Crippen LogP contribution in [-0.4, -0.2) is 17.5 Å². The molecule has 0 aromatic heterocycles. The van der Waals surface area contributed by atoms with Crippen LogP contribution in [0, 0.1) is 11.3 Å². The van der Waals surface area contributed by atoms with Crippen LogP contribution in [0.15, 0.2) is 22.7 Å². The molecule has 1 aromatic rings. The molecule has 0 spiro atoms. The monoisotopic (exact) mass is 384 g/mol. The van der Waals surface area contributed by atoms with Gasteiger partial charge in [0.05, 0.1) is 11.4 Å². The van der Waals surface area contributed by atoms with Crippen molar-refractivity contribution in [3.8, 4) is 0 Å². The maximum absolute atomic E-state index is 12.6. The quantitative estimate of drug-likeness (QED) is 0.469. The van der Waals surface area contributed by atoms with Crippen LogP contribution >= 0.6 is 15.9 Å². The summed E-state index contributed by atoms with van der Waals surface area (Å²) in [6, 6.07) is 5.15. The average molecular weight is 385 g/mol. The second-order valence-electron chi connectivity index (χ2n) is 7.55. The van der Waals surface area contributed by atoms with Gasteiger partial charge in [-0.15, -0.1) is 0 Å². The normalized spacial score (nSPS) is 13.3. The molecule has 23 heavy (non-hydrogen) atoms. The van der Waals surface area contributed by atoms with E-state index >= 15 is 0 Å². The van der Waals surface area contributed by atoms with E-state index in [1.165, 1.54) is 0 Å². The molecule has 0 unspecified atom stereocenters. The van der Waals surface area contributed by atoms with Crippen molar-refractivity contribution in [2.75, 3.05) is 11.1 Å². The maximum atomic E-state index is 12.6. The van der Waals surface area contributed by atoms with E-state index in [0.717, 1.165) is 4.47 Å². The van der Waals surface area contributed by atoms with Gasteiger partial charge >= 0.3 is 5.97 Å². The molecule has 0 radical (unpaired) electrons. The Morgan fingerprint density at radius 2 is 1.74 bits per heavy atom. The Kier molecular flexibility index (Phi) is 5.85. The number of carbonyl (C=O) groups excluding carboxylic acids is 2. The molecule has 3 N–H and O–H groups in total. The lowest BCUT2D eigenvalue weighted by Crippen LogP contribution is -2.42. The summed E-state index contributed by atoms with van der Waals surface area (Å²) in [4.78, 5) is 25.1. The number of nitrogens with one attached hydrogen (secondary N) is 1. The molecule has 1 atom stereocenters. The van der Waals surface area contributed by atoms with Crippen molar-refractivity contribution >= 4 is 39.2 Å². The average Bonchev–Trinajstić information content (AvgIpc) is 2.28. The number of nitrogens with two attached hydrogens (primary N) is 1. The fraction of sp³-hybridized carbons (Fsp3) is 0.529. The Bertz CT molecular complexity index is 601. The second-order valence-corrected chi connectivity index (χ2v) is 8.47. The fourth-order valence-corrected chi connectivity index (χ4v) is 2.45. The zero-order chi connectivity index (χ0) is 18.0. The molecule has 0 saturated heterocycles. The summed E-state index contributed by atoms with van der Waals surface area (Å²) in [6.07, 6.45) is 0. The number of amides is 1. The second kappa shape index (κ2) is 6.91. The minimum absolute atomic E-state index is 0.421. The SMILES string of the molecule is CC(C)(C)OC(=O)[C@H](C(=O)Nc1ccc(Br)cc1N)C(C)(C)C. The Labute approximate surface area is 146 Å². The van der Waals surface area contributed by atoms with Gasteiger partial charge in [-0.3, -0.25) is 9.59 Å². The van der Waals surface area contributed by atoms with Crippen molar-refractivity contribution in [3.63, 3.8) is 0 Å². The smallest absolute Gasteiger partial charge is 0.319 e. The Hall–Kier alpha value is -1.56. The standard InChI is InChI=1S/C17H25BrN2O3/c1-16(2,3)13(15(22)23-17(4,5)6)14(21)20-12-8-7-10(18)9-11(12)19/h7-9,13H,19H2,1-6H3,(H,20,21)/t13-/m0/s1. The summed E-state index contributed by atoms with van der Waals surface area (Å²) in [6.45, 7) is 10.8. The van der Waals surface area contributed by atoms with Crippen LogP contribution in [0.5, 0.6) is 0 Å². The molecular weight excluding hydrogens is 360 g/mol. The number of benzene rings is 1. The molecule has 1 rings (SSSR count). The molecule has 0 aliphatic heterocycles. The Morgan fingerprint density at radius 3 is 2.17 bits per heavy atom. The van der Waals surface area contributed by atoms with Gasteiger partial charge < -0.3 is 15.8 Å². The number of esters is 1. The topological polar surface area (TPSA) is 81.4 Å². The number of hydrogen-bond acceptors (Lipinski definition) is 4. The molecule has 0 aliphatic rings. The molecule has 128 valence electrons. The van der Waals surface area contributed by atoms with Crippen molar-refractivity contribution in [1.29, 1.82) is 0 Å². The lowest BCUT2D eigenvalue weighted by Gasteiger charge is -2.31. The number of nitrogen functional groups attached to an aromatic ring is 1. The minimum atomic E-state index is -0.940. The van der Waals surface area contributed by atoms with Gasteiger partial charge in [0, 0.05) is 4.47 Å². The van der Waals surface area contributed by atoms with Crippen molar-refractivity contribution in [1.82, 2.24) is 0 Å². The summed E-state index contributed by atoms with van der Waals surface area (Å²) in [5.74, 6) is -1.91. The summed E-state index contributed by atoms with van der Waals surface area (Å²) < 4.78 is 6.21. The van der Waals surface area contributed by atoms with E-state index in [1.807, 2.05) is 20.8 Å². The lowest BCUT2D eigenvalue weighted by molar-refractivity contribution is -0.165. The van der Waals surface area contributed by atoms with Gasteiger partial charge in [0.1, 0.15) is 11.5 Å². The predicted octanol–water partition coefficient (Wildman–Crippen LogP) is 3.97. The van der Waals surface area contributed by atoms with E-state index in [0.29, 0.717) is 11.4 Å². The molecule has 0 fully saturated rings. The van der Waals surface area contributed by atoms with Crippen LogP contribution in [0.2, 0.25) is 0 Å². The number of ether oxygens (including phenoxy) is 1. The van der Waals surface area contributed by atoms with E-state index in [9.17, 15) is 9.59 Å². The number of halogens is 1. The first-order chi connectivity index (χ1) is 10.3. The summed E-state index contributed by atoms with van der Waals surface area (Å²) in [7, 11) is 0. The van der Waals surface area contributed by atoms with Crippen molar-refractivity contribution in [2.24, 2.45) is 11.3 Å². The van der Waals surface area contributed by atoms with Crippen molar-refractivity contribution < 1.29 is 14.3 Å². The van der Waals surface area contributed by atoms with E-state index in [1.54, 1.807) is 39.0 Å². The molecule has 0 saturated carbocycles. The highest BCUT2D eigenvalue weighted by Gasteiger charge is 2.40. The molecule has 6 heteroatoms. The Morgan fingerprint density at radius 1 is 1.17 bits per heavy atom. The van der Waals surface area contributed by atoms with Crippen LogP contribution in [-0.2, 0) is 14.3 Å². The van der Waals surface area contributed by atoms with Gasteiger partial charge in [-0.1, -0.05) is 36.7 Å². The Balaban J connectivity index is 3.04. The molecular formula is C17H25BrN2O3.